The lowest BCUT2D eigenvalue weighted by Crippen LogP contribution is -2.45. The number of hydrogen-bond acceptors (Lipinski definition) is 5. The van der Waals surface area contributed by atoms with Gasteiger partial charge in [0.25, 0.3) is 0 Å². The first-order valence-electron chi connectivity index (χ1n) is 8.75. The second-order valence-electron chi connectivity index (χ2n) is 6.26. The van der Waals surface area contributed by atoms with Crippen LogP contribution in [0.2, 0.25) is 0 Å². The minimum Gasteiger partial charge on any atom is -0.466 e. The van der Waals surface area contributed by atoms with Gasteiger partial charge in [-0.2, -0.15) is 0 Å². The summed E-state index contributed by atoms with van der Waals surface area (Å²) in [4.78, 5) is 25.9. The first kappa shape index (κ1) is 19.4. The highest BCUT2D eigenvalue weighted by Crippen LogP contribution is 2.44. The molecule has 0 heterocycles. The summed E-state index contributed by atoms with van der Waals surface area (Å²) in [6.45, 7) is 4.59. The van der Waals surface area contributed by atoms with Crippen molar-refractivity contribution in [2.45, 2.75) is 45.1 Å². The van der Waals surface area contributed by atoms with Gasteiger partial charge in [0, 0.05) is 6.54 Å². The van der Waals surface area contributed by atoms with Crippen molar-refractivity contribution < 1.29 is 23.5 Å². The Labute approximate surface area is 148 Å². The Hall–Kier alpha value is -1.95. The van der Waals surface area contributed by atoms with Crippen LogP contribution in [0, 0.1) is 5.82 Å². The molecular formula is C19H26FNO4. The van der Waals surface area contributed by atoms with Crippen LogP contribution in [0.3, 0.4) is 0 Å². The number of hydrogen-bond donors (Lipinski definition) is 0. The van der Waals surface area contributed by atoms with Gasteiger partial charge in [0.15, 0.2) is 0 Å². The fourth-order valence-electron chi connectivity index (χ4n) is 3.59. The summed E-state index contributed by atoms with van der Waals surface area (Å²) in [5, 5.41) is 0. The van der Waals surface area contributed by atoms with Crippen molar-refractivity contribution in [1.82, 2.24) is 4.90 Å². The Kier molecular flexibility index (Phi) is 6.53. The first-order chi connectivity index (χ1) is 11.9. The maximum atomic E-state index is 14.2. The van der Waals surface area contributed by atoms with E-state index in [1.54, 1.807) is 19.9 Å². The fourth-order valence-corrected chi connectivity index (χ4v) is 3.59. The average molecular weight is 351 g/mol. The van der Waals surface area contributed by atoms with Crippen molar-refractivity contribution >= 4 is 11.9 Å². The van der Waals surface area contributed by atoms with E-state index in [-0.39, 0.29) is 30.6 Å². The van der Waals surface area contributed by atoms with Crippen molar-refractivity contribution in [3.8, 4) is 0 Å². The molecule has 0 N–H and O–H groups in total. The van der Waals surface area contributed by atoms with Crippen LogP contribution in [0.5, 0.6) is 0 Å². The van der Waals surface area contributed by atoms with Crippen molar-refractivity contribution in [1.29, 1.82) is 0 Å². The number of carbonyl (C=O) groups is 2. The van der Waals surface area contributed by atoms with E-state index in [9.17, 15) is 14.0 Å². The summed E-state index contributed by atoms with van der Waals surface area (Å²) in [7, 11) is 1.86. The number of esters is 2. The molecule has 5 nitrogen and oxygen atoms in total. The zero-order chi connectivity index (χ0) is 18.4. The van der Waals surface area contributed by atoms with Crippen molar-refractivity contribution in [2.75, 3.05) is 26.8 Å². The Morgan fingerprint density at radius 1 is 1.20 bits per heavy atom. The second kappa shape index (κ2) is 8.43. The molecule has 0 saturated carbocycles. The van der Waals surface area contributed by atoms with Crippen LogP contribution >= 0.6 is 0 Å². The Morgan fingerprint density at radius 2 is 1.88 bits per heavy atom. The SMILES string of the molecule is CCOC(=O)CCN(C)C1(CC(=O)OCC)CCc2c(F)cccc21. The highest BCUT2D eigenvalue weighted by molar-refractivity contribution is 5.72. The van der Waals surface area contributed by atoms with E-state index in [0.717, 1.165) is 5.56 Å². The van der Waals surface area contributed by atoms with Gasteiger partial charge in [-0.1, -0.05) is 12.1 Å². The molecule has 0 amide bonds. The molecule has 0 spiro atoms. The predicted octanol–water partition coefficient (Wildman–Crippen LogP) is 2.81. The number of fused-ring (bicyclic) bond motifs is 1. The zero-order valence-corrected chi connectivity index (χ0v) is 15.1. The molecule has 1 aliphatic carbocycles. The minimum atomic E-state index is -0.657. The standard InChI is InChI=1S/C19H26FNO4/c1-4-24-17(22)10-12-21(3)19(13-18(23)25-5-2)11-9-14-15(19)7-6-8-16(14)20/h6-8H,4-5,9-13H2,1-3H3. The van der Waals surface area contributed by atoms with Crippen LogP contribution in [-0.4, -0.2) is 43.6 Å². The van der Waals surface area contributed by atoms with Crippen LogP contribution in [-0.2, 0) is 31.0 Å². The van der Waals surface area contributed by atoms with Crippen LogP contribution in [0.4, 0.5) is 4.39 Å². The highest BCUT2D eigenvalue weighted by atomic mass is 19.1. The van der Waals surface area contributed by atoms with E-state index in [1.807, 2.05) is 18.0 Å². The summed E-state index contributed by atoms with van der Waals surface area (Å²) in [6.07, 6.45) is 1.53. The molecule has 2 rings (SSSR count). The number of ether oxygens (including phenoxy) is 2. The summed E-state index contributed by atoms with van der Waals surface area (Å²) in [5.74, 6) is -0.845. The van der Waals surface area contributed by atoms with Crippen molar-refractivity contribution in [2.24, 2.45) is 0 Å². The summed E-state index contributed by atoms with van der Waals surface area (Å²) >= 11 is 0. The van der Waals surface area contributed by atoms with E-state index < -0.39 is 5.54 Å². The molecule has 1 aliphatic rings. The van der Waals surface area contributed by atoms with Crippen molar-refractivity contribution in [3.05, 3.63) is 35.1 Å². The summed E-state index contributed by atoms with van der Waals surface area (Å²) < 4.78 is 24.3. The smallest absolute Gasteiger partial charge is 0.308 e. The van der Waals surface area contributed by atoms with Gasteiger partial charge in [-0.3, -0.25) is 14.5 Å². The lowest BCUT2D eigenvalue weighted by atomic mass is 9.86. The zero-order valence-electron chi connectivity index (χ0n) is 15.1. The third-order valence-electron chi connectivity index (χ3n) is 4.84. The average Bonchev–Trinajstić information content (AvgIpc) is 2.94. The van der Waals surface area contributed by atoms with Gasteiger partial charge in [0.05, 0.1) is 31.6 Å². The summed E-state index contributed by atoms with van der Waals surface area (Å²) in [5.41, 5.74) is 0.803. The third-order valence-corrected chi connectivity index (χ3v) is 4.84. The molecule has 1 unspecified atom stereocenters. The van der Waals surface area contributed by atoms with Gasteiger partial charge in [-0.25, -0.2) is 4.39 Å². The molecule has 0 aromatic heterocycles. The van der Waals surface area contributed by atoms with Gasteiger partial charge in [-0.15, -0.1) is 0 Å². The van der Waals surface area contributed by atoms with E-state index >= 15 is 0 Å². The number of nitrogens with zero attached hydrogens (tertiary/aromatic N) is 1. The second-order valence-corrected chi connectivity index (χ2v) is 6.26. The lowest BCUT2D eigenvalue weighted by Gasteiger charge is -2.39. The van der Waals surface area contributed by atoms with Gasteiger partial charge in [-0.05, 0) is 50.9 Å². The predicted molar refractivity (Wildman–Crippen MR) is 91.5 cm³/mol. The molecule has 138 valence electrons. The van der Waals surface area contributed by atoms with Crippen LogP contribution in [0.15, 0.2) is 18.2 Å². The highest BCUT2D eigenvalue weighted by Gasteiger charge is 2.45. The van der Waals surface area contributed by atoms with Crippen LogP contribution < -0.4 is 0 Å². The number of rotatable bonds is 8. The van der Waals surface area contributed by atoms with Crippen molar-refractivity contribution in [3.63, 3.8) is 0 Å². The van der Waals surface area contributed by atoms with Gasteiger partial charge in [0.1, 0.15) is 5.82 Å². The molecule has 0 fully saturated rings. The number of benzene rings is 1. The molecule has 0 radical (unpaired) electrons. The number of carbonyl (C=O) groups excluding carboxylic acids is 2. The first-order valence-corrected chi connectivity index (χ1v) is 8.75. The molecule has 0 bridgehead atoms. The van der Waals surface area contributed by atoms with Gasteiger partial charge >= 0.3 is 11.9 Å². The summed E-state index contributed by atoms with van der Waals surface area (Å²) in [6, 6.07) is 4.97. The maximum Gasteiger partial charge on any atom is 0.308 e. The molecule has 25 heavy (non-hydrogen) atoms. The Balaban J connectivity index is 2.27. The molecule has 1 aromatic carbocycles. The quantitative estimate of drug-likeness (QED) is 0.674. The monoisotopic (exact) mass is 351 g/mol. The third kappa shape index (κ3) is 4.18. The fraction of sp³-hybridized carbons (Fsp3) is 0.579. The maximum absolute atomic E-state index is 14.2. The molecule has 1 atom stereocenters. The molecule has 0 saturated heterocycles. The van der Waals surface area contributed by atoms with Gasteiger partial charge in [0.2, 0.25) is 0 Å². The molecular weight excluding hydrogens is 325 g/mol. The minimum absolute atomic E-state index is 0.136. The Morgan fingerprint density at radius 3 is 2.56 bits per heavy atom. The van der Waals surface area contributed by atoms with Gasteiger partial charge < -0.3 is 9.47 Å². The molecule has 6 heteroatoms. The van der Waals surface area contributed by atoms with E-state index in [1.165, 1.54) is 6.07 Å². The van der Waals surface area contributed by atoms with E-state index in [2.05, 4.69) is 0 Å². The van der Waals surface area contributed by atoms with E-state index in [4.69, 9.17) is 9.47 Å². The largest absolute Gasteiger partial charge is 0.466 e. The van der Waals surface area contributed by atoms with Crippen LogP contribution in [0.25, 0.3) is 0 Å². The normalized spacial score (nSPS) is 18.9. The molecule has 1 aromatic rings. The Bertz CT molecular complexity index is 634. The number of halogens is 1. The molecule has 0 aliphatic heterocycles. The lowest BCUT2D eigenvalue weighted by molar-refractivity contribution is -0.147. The van der Waals surface area contributed by atoms with Crippen LogP contribution in [0.1, 0.15) is 44.2 Å². The topological polar surface area (TPSA) is 55.8 Å². The van der Waals surface area contributed by atoms with E-state index in [0.29, 0.717) is 38.2 Å².